The fourth-order valence-electron chi connectivity index (χ4n) is 1.99. The Kier molecular flexibility index (Phi) is 15.3. The molecule has 0 saturated carbocycles. The summed E-state index contributed by atoms with van der Waals surface area (Å²) in [5.41, 5.74) is 0. The van der Waals surface area contributed by atoms with Gasteiger partial charge in [0.1, 0.15) is 39.3 Å². The van der Waals surface area contributed by atoms with Crippen molar-refractivity contribution in [1.82, 2.24) is 0 Å². The molecule has 0 amide bonds. The van der Waals surface area contributed by atoms with E-state index in [0.29, 0.717) is 0 Å². The molecule has 174 valence electrons. The van der Waals surface area contributed by atoms with Crippen molar-refractivity contribution in [1.29, 1.82) is 0 Å². The summed E-state index contributed by atoms with van der Waals surface area (Å²) in [5.74, 6) is 0. The van der Waals surface area contributed by atoms with Crippen molar-refractivity contribution in [2.45, 2.75) is 0 Å². The van der Waals surface area contributed by atoms with Crippen LogP contribution in [0.25, 0.3) is 0 Å². The predicted molar refractivity (Wildman–Crippen MR) is 85.6 cm³/mol. The summed E-state index contributed by atoms with van der Waals surface area (Å²) in [6.45, 7) is 8.56. The summed E-state index contributed by atoms with van der Waals surface area (Å²) in [6, 6.07) is 0. The highest BCUT2D eigenvalue weighted by atomic mass is 19.5. The number of piperazine rings is 3. The van der Waals surface area contributed by atoms with Crippen molar-refractivity contribution in [3.63, 3.8) is 0 Å². The van der Waals surface area contributed by atoms with Crippen molar-refractivity contribution in [2.24, 2.45) is 0 Å². The van der Waals surface area contributed by atoms with Crippen LogP contribution in [-0.4, -0.2) is 93.7 Å². The molecule has 3 nitrogen and oxygen atoms in total. The molecule has 2 N–H and O–H groups in total. The lowest BCUT2D eigenvalue weighted by atomic mass is 10.2. The Labute approximate surface area is 156 Å². The Hall–Kier alpha value is -0.765. The minimum absolute atomic E-state index is 1.36. The maximum absolute atomic E-state index is 9.75. The molecule has 0 unspecified atom stereocenters. The molecule has 3 fully saturated rings. The van der Waals surface area contributed by atoms with Crippen molar-refractivity contribution in [3.8, 4) is 0 Å². The lowest BCUT2D eigenvalue weighted by molar-refractivity contribution is -1.06. The van der Waals surface area contributed by atoms with Gasteiger partial charge in [0, 0.05) is 0 Å². The molecule has 28 heavy (non-hydrogen) atoms. The van der Waals surface area contributed by atoms with Crippen LogP contribution in [-0.2, 0) is 0 Å². The van der Waals surface area contributed by atoms with Crippen LogP contribution in [0.5, 0.6) is 0 Å². The number of nitrogens with zero attached hydrogens (tertiary/aromatic N) is 1. The third-order valence-corrected chi connectivity index (χ3v) is 3.02. The second-order valence-corrected chi connectivity index (χ2v) is 6.77. The van der Waals surface area contributed by atoms with E-state index in [1.54, 1.807) is 0 Å². The molecule has 0 atom stereocenters. The molecular weight excluding hydrogens is 423 g/mol. The first-order valence-corrected chi connectivity index (χ1v) is 8.08. The third kappa shape index (κ3) is 49.9. The first kappa shape index (κ1) is 31.9. The normalized spacial score (nSPS) is 23.7. The number of hydrogen-bond donors (Lipinski definition) is 2. The molecule has 2 bridgehead atoms. The van der Waals surface area contributed by atoms with E-state index in [-0.39, 0.29) is 0 Å². The van der Waals surface area contributed by atoms with E-state index < -0.39 is 21.8 Å². The van der Waals surface area contributed by atoms with E-state index in [2.05, 4.69) is 28.2 Å². The van der Waals surface area contributed by atoms with Gasteiger partial charge >= 0.3 is 21.8 Å². The van der Waals surface area contributed by atoms with Gasteiger partial charge in [0.15, 0.2) is 0 Å². The van der Waals surface area contributed by atoms with Crippen LogP contribution >= 0.6 is 0 Å². The van der Waals surface area contributed by atoms with Gasteiger partial charge < -0.3 is 66.1 Å². The summed E-state index contributed by atoms with van der Waals surface area (Å²) >= 11 is 0. The maximum atomic E-state index is 9.75. The van der Waals surface area contributed by atoms with Crippen LogP contribution in [0.15, 0.2) is 0 Å². The second-order valence-electron chi connectivity index (χ2n) is 6.77. The lowest BCUT2D eigenvalue weighted by Crippen LogP contribution is -3.19. The minimum atomic E-state index is -6.00. The van der Waals surface area contributed by atoms with Crippen LogP contribution in [0.4, 0.5) is 51.8 Å². The molecule has 0 aliphatic carbocycles. The molecule has 3 aliphatic heterocycles. The van der Waals surface area contributed by atoms with Crippen molar-refractivity contribution >= 4 is 21.8 Å². The molecule has 0 radical (unpaired) electrons. The van der Waals surface area contributed by atoms with E-state index in [9.17, 15) is 51.8 Å². The molecule has 0 aromatic rings. The quantitative estimate of drug-likeness (QED) is 0.311. The molecule has 0 aromatic carbocycles. The summed E-state index contributed by atoms with van der Waals surface area (Å²) in [6.07, 6.45) is 0. The fourth-order valence-corrected chi connectivity index (χ4v) is 1.99. The van der Waals surface area contributed by atoms with Gasteiger partial charge in [-0.15, -0.1) is 0 Å². The highest BCUT2D eigenvalue weighted by Gasteiger charge is 2.37. The highest BCUT2D eigenvalue weighted by Crippen LogP contribution is 2.07. The summed E-state index contributed by atoms with van der Waals surface area (Å²) < 4.78 is 118. The third-order valence-electron chi connectivity index (χ3n) is 3.02. The molecule has 3 saturated heterocycles. The molecular formula is C10H26B3F12N3. The Morgan fingerprint density at radius 1 is 0.571 bits per heavy atom. The Balaban J connectivity index is -0.000000293. The van der Waals surface area contributed by atoms with Crippen molar-refractivity contribution in [2.75, 3.05) is 67.5 Å². The maximum Gasteiger partial charge on any atom is 0.673 e. The van der Waals surface area contributed by atoms with Gasteiger partial charge in [-0.2, -0.15) is 0 Å². The number of likely N-dealkylation sites (N-methyl/N-ethyl adjacent to an activating group) is 1. The zero-order valence-electron chi connectivity index (χ0n) is 16.0. The average molecular weight is 449 g/mol. The Morgan fingerprint density at radius 3 is 0.786 bits per heavy atom. The number of rotatable bonds is 0. The number of quaternary nitrogens is 3. The number of nitrogens with one attached hydrogen (secondary N) is 2. The van der Waals surface area contributed by atoms with Gasteiger partial charge in [0.05, 0.1) is 28.2 Å². The van der Waals surface area contributed by atoms with E-state index in [1.165, 1.54) is 48.7 Å². The zero-order valence-corrected chi connectivity index (χ0v) is 16.0. The monoisotopic (exact) mass is 449 g/mol. The van der Waals surface area contributed by atoms with Gasteiger partial charge in [-0.1, -0.05) is 0 Å². The van der Waals surface area contributed by atoms with Gasteiger partial charge in [-0.3, -0.25) is 0 Å². The van der Waals surface area contributed by atoms with Crippen LogP contribution < -0.4 is 9.80 Å². The molecule has 0 spiro atoms. The summed E-state index contributed by atoms with van der Waals surface area (Å²) in [7, 11) is -9.35. The zero-order chi connectivity index (χ0) is 23.4. The topological polar surface area (TPSA) is 8.88 Å². The van der Waals surface area contributed by atoms with Crippen molar-refractivity contribution in [3.05, 3.63) is 0 Å². The van der Waals surface area contributed by atoms with Crippen LogP contribution in [0, 0.1) is 0 Å². The molecule has 3 aliphatic rings. The van der Waals surface area contributed by atoms with Gasteiger partial charge in [0.2, 0.25) is 0 Å². The van der Waals surface area contributed by atoms with Gasteiger partial charge in [0.25, 0.3) is 0 Å². The van der Waals surface area contributed by atoms with E-state index in [4.69, 9.17) is 0 Å². The van der Waals surface area contributed by atoms with Gasteiger partial charge in [-0.05, 0) is 0 Å². The smallest absolute Gasteiger partial charge is 0.418 e. The molecule has 18 heteroatoms. The van der Waals surface area contributed by atoms with Gasteiger partial charge in [-0.25, -0.2) is 0 Å². The first-order valence-electron chi connectivity index (χ1n) is 8.08. The molecule has 0 aromatic heterocycles. The summed E-state index contributed by atoms with van der Waals surface area (Å²) in [4.78, 5) is 3.26. The van der Waals surface area contributed by atoms with Crippen LogP contribution in [0.2, 0.25) is 0 Å². The van der Waals surface area contributed by atoms with E-state index in [1.807, 2.05) is 4.90 Å². The van der Waals surface area contributed by atoms with E-state index >= 15 is 0 Å². The van der Waals surface area contributed by atoms with Crippen molar-refractivity contribution < 1.29 is 66.1 Å². The highest BCUT2D eigenvalue weighted by molar-refractivity contribution is 6.50. The largest absolute Gasteiger partial charge is 0.673 e. The Morgan fingerprint density at radius 2 is 0.714 bits per heavy atom. The standard InChI is InChI=1S/C7H15N2.C3H9N.3BF4/c1-9-5-2-8(3-6-9)4-7-9;1-4(2)3;3*2-1(3,4)5/h2-7H2,1H3;1-3H3;;;/q+1;;3*-1/p+2. The van der Waals surface area contributed by atoms with Crippen LogP contribution in [0.3, 0.4) is 0 Å². The SMILES string of the molecule is C[N+]12CC[NH+](CC1)CC2.C[NH+](C)C.F[B-](F)(F)F.F[B-](F)(F)F.F[B-](F)(F)F. The van der Waals surface area contributed by atoms with E-state index in [0.717, 1.165) is 0 Å². The fraction of sp³-hybridized carbons (Fsp3) is 1.00. The molecule has 3 rings (SSSR count). The van der Waals surface area contributed by atoms with Crippen LogP contribution in [0.1, 0.15) is 0 Å². The number of fused-ring (bicyclic) bond motifs is 3. The predicted octanol–water partition coefficient (Wildman–Crippen LogP) is 1.01. The Bertz CT molecular complexity index is 318. The average Bonchev–Trinajstić information content (AvgIpc) is 2.32. The number of halogens is 12. The molecule has 3 heterocycles. The minimum Gasteiger partial charge on any atom is -0.418 e. The summed E-state index contributed by atoms with van der Waals surface area (Å²) in [5, 5.41) is 0. The first-order chi connectivity index (χ1) is 12.0. The second kappa shape index (κ2) is 13.5. The number of hydrogen-bond acceptors (Lipinski definition) is 0. The lowest BCUT2D eigenvalue weighted by Gasteiger charge is -2.45.